The molecule has 184 valence electrons. The first-order chi connectivity index (χ1) is 16.6. The fourth-order valence-corrected chi connectivity index (χ4v) is 5.86. The topological polar surface area (TPSA) is 68.3 Å². The summed E-state index contributed by atoms with van der Waals surface area (Å²) in [6, 6.07) is 14.9. The number of carbonyl (C=O) groups is 2. The summed E-state index contributed by atoms with van der Waals surface area (Å²) in [6.07, 6.45) is -0.132. The van der Waals surface area contributed by atoms with E-state index in [4.69, 9.17) is 37.4 Å². The minimum atomic E-state index is -1.63. The monoisotopic (exact) mass is 516 g/mol. The smallest absolute Gasteiger partial charge is 0.417 e. The van der Waals surface area contributed by atoms with Gasteiger partial charge in [0.05, 0.1) is 11.6 Å². The van der Waals surface area contributed by atoms with E-state index in [1.807, 2.05) is 42.5 Å². The Bertz CT molecular complexity index is 1260. The summed E-state index contributed by atoms with van der Waals surface area (Å²) < 4.78 is 18.9. The largest absolute Gasteiger partial charge is 0.459 e. The van der Waals surface area contributed by atoms with Gasteiger partial charge in [0.2, 0.25) is 5.72 Å². The first-order valence-corrected chi connectivity index (χ1v) is 12.3. The molecule has 2 amide bonds. The summed E-state index contributed by atoms with van der Waals surface area (Å²) >= 11 is 12.7. The molecule has 35 heavy (non-hydrogen) atoms. The predicted octanol–water partition coefficient (Wildman–Crippen LogP) is 5.20. The lowest BCUT2D eigenvalue weighted by Crippen LogP contribution is -2.68. The van der Waals surface area contributed by atoms with Crippen LogP contribution in [-0.2, 0) is 36.9 Å². The third kappa shape index (κ3) is 3.14. The van der Waals surface area contributed by atoms with E-state index in [0.717, 1.165) is 5.56 Å². The fourth-order valence-electron chi connectivity index (χ4n) is 5.39. The second kappa shape index (κ2) is 8.15. The van der Waals surface area contributed by atoms with Crippen LogP contribution in [0.5, 0.6) is 0 Å². The maximum atomic E-state index is 13.9. The van der Waals surface area contributed by atoms with Gasteiger partial charge < -0.3 is 14.2 Å². The number of methoxy groups -OCH3 is 1. The average Bonchev–Trinajstić information content (AvgIpc) is 2.99. The number of hydrogen-bond donors (Lipinski definition) is 0. The third-order valence-electron chi connectivity index (χ3n) is 6.59. The van der Waals surface area contributed by atoms with Gasteiger partial charge in [0.15, 0.2) is 0 Å². The van der Waals surface area contributed by atoms with Crippen molar-refractivity contribution in [2.24, 2.45) is 0 Å². The molecule has 2 aromatic rings. The SMILES string of the molecule is CO[C@]12c3ccccc3CCN3C(=O)C(Cl)=C(CCl)O[C@@]31c1ccccc1N2C(=O)OC(C)(C)C. The normalized spacial score (nSPS) is 25.3. The molecule has 2 atom stereocenters. The van der Waals surface area contributed by atoms with Crippen molar-refractivity contribution in [3.05, 3.63) is 76.0 Å². The maximum Gasteiger partial charge on any atom is 0.417 e. The van der Waals surface area contributed by atoms with Crippen LogP contribution in [0.2, 0.25) is 0 Å². The molecule has 9 heteroatoms. The van der Waals surface area contributed by atoms with Crippen LogP contribution in [0.3, 0.4) is 0 Å². The molecule has 0 saturated heterocycles. The van der Waals surface area contributed by atoms with Gasteiger partial charge >= 0.3 is 6.09 Å². The Balaban J connectivity index is 1.91. The van der Waals surface area contributed by atoms with Crippen LogP contribution < -0.4 is 4.90 Å². The number of allylic oxidation sites excluding steroid dienone is 1. The van der Waals surface area contributed by atoms with Crippen LogP contribution in [0.15, 0.2) is 59.3 Å². The Morgan fingerprint density at radius 2 is 1.77 bits per heavy atom. The van der Waals surface area contributed by atoms with Crippen molar-refractivity contribution in [2.45, 2.75) is 44.2 Å². The maximum absolute atomic E-state index is 13.9. The molecule has 3 aliphatic rings. The van der Waals surface area contributed by atoms with Gasteiger partial charge in [0.1, 0.15) is 16.4 Å². The summed E-state index contributed by atoms with van der Waals surface area (Å²) in [4.78, 5) is 30.7. The Morgan fingerprint density at radius 1 is 1.11 bits per heavy atom. The van der Waals surface area contributed by atoms with Gasteiger partial charge in [-0.05, 0) is 38.8 Å². The van der Waals surface area contributed by atoms with Crippen molar-refractivity contribution in [2.75, 3.05) is 24.4 Å². The number of nitrogens with zero attached hydrogens (tertiary/aromatic N) is 2. The number of carbonyl (C=O) groups excluding carboxylic acids is 2. The molecule has 0 bridgehead atoms. The molecule has 0 unspecified atom stereocenters. The number of para-hydroxylation sites is 1. The zero-order valence-electron chi connectivity index (χ0n) is 19.9. The van der Waals surface area contributed by atoms with Gasteiger partial charge in [-0.1, -0.05) is 54.1 Å². The highest BCUT2D eigenvalue weighted by Gasteiger charge is 2.74. The van der Waals surface area contributed by atoms with Gasteiger partial charge in [0, 0.05) is 24.8 Å². The van der Waals surface area contributed by atoms with E-state index in [0.29, 0.717) is 23.2 Å². The average molecular weight is 517 g/mol. The van der Waals surface area contributed by atoms with E-state index in [1.165, 1.54) is 12.0 Å². The van der Waals surface area contributed by atoms with Gasteiger partial charge in [-0.25, -0.2) is 9.69 Å². The fraction of sp³-hybridized carbons (Fsp3) is 0.385. The third-order valence-corrected chi connectivity index (χ3v) is 7.21. The molecule has 0 N–H and O–H groups in total. The standard InChI is InChI=1S/C26H26Cl2N2O5/c1-24(2,3)35-23(32)30-19-12-8-7-11-18(19)25-26(30,33-4)17-10-6-5-9-16(17)13-14-29(25)22(31)21(28)20(15-27)34-25/h5-12H,13-15H2,1-4H3/t25-,26-/m1/s1. The number of ether oxygens (including phenoxy) is 3. The van der Waals surface area contributed by atoms with Gasteiger partial charge in [-0.2, -0.15) is 0 Å². The quantitative estimate of drug-likeness (QED) is 0.513. The van der Waals surface area contributed by atoms with Crippen molar-refractivity contribution in [1.29, 1.82) is 0 Å². The van der Waals surface area contributed by atoms with E-state index in [1.54, 1.807) is 31.7 Å². The lowest BCUT2D eigenvalue weighted by molar-refractivity contribution is -0.255. The molecule has 7 nitrogen and oxygen atoms in total. The van der Waals surface area contributed by atoms with E-state index in [9.17, 15) is 9.59 Å². The lowest BCUT2D eigenvalue weighted by Gasteiger charge is -2.53. The highest BCUT2D eigenvalue weighted by molar-refractivity contribution is 6.43. The Morgan fingerprint density at radius 3 is 2.43 bits per heavy atom. The summed E-state index contributed by atoms with van der Waals surface area (Å²) in [5.74, 6) is -0.448. The number of rotatable bonds is 2. The van der Waals surface area contributed by atoms with Crippen molar-refractivity contribution in [1.82, 2.24) is 4.90 Å². The molecule has 5 rings (SSSR count). The summed E-state index contributed by atoms with van der Waals surface area (Å²) in [5.41, 5.74) is -1.34. The van der Waals surface area contributed by atoms with Crippen LogP contribution in [0.25, 0.3) is 0 Å². The zero-order chi connectivity index (χ0) is 25.2. The lowest BCUT2D eigenvalue weighted by atomic mass is 9.85. The molecule has 1 spiro atoms. The van der Waals surface area contributed by atoms with Crippen LogP contribution in [0.4, 0.5) is 10.5 Å². The van der Waals surface area contributed by atoms with E-state index in [2.05, 4.69) is 0 Å². The van der Waals surface area contributed by atoms with Crippen molar-refractivity contribution in [3.63, 3.8) is 0 Å². The summed E-state index contributed by atoms with van der Waals surface area (Å²) in [7, 11) is 1.50. The number of fused-ring (bicyclic) bond motifs is 3. The molecule has 0 fully saturated rings. The molecule has 0 saturated carbocycles. The van der Waals surface area contributed by atoms with Crippen LogP contribution in [-0.4, -0.2) is 42.0 Å². The number of anilines is 1. The first kappa shape index (κ1) is 24.0. The second-order valence-corrected chi connectivity index (χ2v) is 10.3. The second-order valence-electron chi connectivity index (χ2n) is 9.66. The van der Waals surface area contributed by atoms with E-state index >= 15 is 0 Å². The zero-order valence-corrected chi connectivity index (χ0v) is 21.4. The Labute approximate surface area is 214 Å². The van der Waals surface area contributed by atoms with Gasteiger partial charge in [0.25, 0.3) is 11.6 Å². The minimum Gasteiger partial charge on any atom is -0.459 e. The van der Waals surface area contributed by atoms with Crippen LogP contribution in [0.1, 0.15) is 37.5 Å². The Kier molecular flexibility index (Phi) is 5.58. The molecule has 3 aliphatic heterocycles. The highest BCUT2D eigenvalue weighted by atomic mass is 35.5. The van der Waals surface area contributed by atoms with E-state index in [-0.39, 0.29) is 23.2 Å². The summed E-state index contributed by atoms with van der Waals surface area (Å²) in [6.45, 7) is 5.67. The molecule has 3 heterocycles. The molecule has 2 aromatic carbocycles. The van der Waals surface area contributed by atoms with Gasteiger partial charge in [-0.3, -0.25) is 9.69 Å². The number of hydrogen-bond acceptors (Lipinski definition) is 5. The van der Waals surface area contributed by atoms with Crippen LogP contribution in [0, 0.1) is 0 Å². The molecular formula is C26H26Cl2N2O5. The molecule has 0 aliphatic carbocycles. The van der Waals surface area contributed by atoms with Crippen LogP contribution >= 0.6 is 23.2 Å². The van der Waals surface area contributed by atoms with Crippen molar-refractivity contribution >= 4 is 40.9 Å². The Hall–Kier alpha value is -2.74. The predicted molar refractivity (Wildman–Crippen MR) is 132 cm³/mol. The number of amides is 2. The summed E-state index contributed by atoms with van der Waals surface area (Å²) in [5, 5.41) is -0.0882. The van der Waals surface area contributed by atoms with Crippen molar-refractivity contribution in [3.8, 4) is 0 Å². The van der Waals surface area contributed by atoms with Crippen molar-refractivity contribution < 1.29 is 23.8 Å². The van der Waals surface area contributed by atoms with Gasteiger partial charge in [-0.15, -0.1) is 11.6 Å². The highest BCUT2D eigenvalue weighted by Crippen LogP contribution is 2.63. The first-order valence-electron chi connectivity index (χ1n) is 11.3. The number of benzene rings is 2. The number of halogens is 2. The molecule has 0 radical (unpaired) electrons. The minimum absolute atomic E-state index is 0.0882. The molecule has 0 aromatic heterocycles. The van der Waals surface area contributed by atoms with E-state index < -0.39 is 29.1 Å². The number of alkyl halides is 1. The molecular weight excluding hydrogens is 491 g/mol.